The van der Waals surface area contributed by atoms with Crippen molar-refractivity contribution in [2.45, 2.75) is 32.8 Å². The first-order valence-electron chi connectivity index (χ1n) is 5.80. The van der Waals surface area contributed by atoms with Crippen LogP contribution in [0.4, 0.5) is 0 Å². The monoisotopic (exact) mass is 225 g/mol. The van der Waals surface area contributed by atoms with Gasteiger partial charge in [0, 0.05) is 32.4 Å². The zero-order valence-corrected chi connectivity index (χ0v) is 10.7. The quantitative estimate of drug-likeness (QED) is 0.758. The SMILES string of the molecule is CC(C)CNCC(C)(O)Cc1nccn1C. The third-order valence-corrected chi connectivity index (χ3v) is 2.52. The number of imidazole rings is 1. The van der Waals surface area contributed by atoms with Crippen LogP contribution < -0.4 is 5.32 Å². The molecule has 0 aliphatic rings. The van der Waals surface area contributed by atoms with Gasteiger partial charge in [-0.05, 0) is 19.4 Å². The van der Waals surface area contributed by atoms with E-state index >= 15 is 0 Å². The molecule has 0 saturated carbocycles. The summed E-state index contributed by atoms with van der Waals surface area (Å²) in [6, 6.07) is 0. The molecule has 4 heteroatoms. The van der Waals surface area contributed by atoms with Gasteiger partial charge in [0.15, 0.2) is 0 Å². The van der Waals surface area contributed by atoms with E-state index in [1.165, 1.54) is 0 Å². The number of nitrogens with one attached hydrogen (secondary N) is 1. The van der Waals surface area contributed by atoms with Crippen molar-refractivity contribution >= 4 is 0 Å². The second-order valence-corrected chi connectivity index (χ2v) is 5.15. The normalized spacial score (nSPS) is 15.4. The summed E-state index contributed by atoms with van der Waals surface area (Å²) in [5.74, 6) is 1.51. The van der Waals surface area contributed by atoms with Gasteiger partial charge in [-0.1, -0.05) is 13.8 Å². The van der Waals surface area contributed by atoms with Crippen LogP contribution in [0.2, 0.25) is 0 Å². The maximum Gasteiger partial charge on any atom is 0.111 e. The Hall–Kier alpha value is -0.870. The molecule has 0 fully saturated rings. The van der Waals surface area contributed by atoms with E-state index in [2.05, 4.69) is 24.1 Å². The van der Waals surface area contributed by atoms with E-state index in [4.69, 9.17) is 0 Å². The van der Waals surface area contributed by atoms with Gasteiger partial charge in [-0.3, -0.25) is 0 Å². The molecular formula is C12H23N3O. The predicted molar refractivity (Wildman–Crippen MR) is 65.2 cm³/mol. The fraction of sp³-hybridized carbons (Fsp3) is 0.750. The van der Waals surface area contributed by atoms with Gasteiger partial charge >= 0.3 is 0 Å². The zero-order chi connectivity index (χ0) is 12.2. The number of hydrogen-bond donors (Lipinski definition) is 2. The Morgan fingerprint density at radius 1 is 1.56 bits per heavy atom. The van der Waals surface area contributed by atoms with Crippen molar-refractivity contribution in [1.82, 2.24) is 14.9 Å². The summed E-state index contributed by atoms with van der Waals surface area (Å²) in [5.41, 5.74) is -0.742. The van der Waals surface area contributed by atoms with E-state index in [9.17, 15) is 5.11 Å². The lowest BCUT2D eigenvalue weighted by Gasteiger charge is -2.24. The van der Waals surface area contributed by atoms with Crippen LogP contribution in [0, 0.1) is 5.92 Å². The van der Waals surface area contributed by atoms with Crippen LogP contribution in [0.25, 0.3) is 0 Å². The lowest BCUT2D eigenvalue weighted by atomic mass is 10.0. The van der Waals surface area contributed by atoms with Crippen molar-refractivity contribution in [3.63, 3.8) is 0 Å². The number of hydrogen-bond acceptors (Lipinski definition) is 3. The molecule has 16 heavy (non-hydrogen) atoms. The second kappa shape index (κ2) is 5.46. The molecule has 0 bridgehead atoms. The molecule has 1 aromatic rings. The van der Waals surface area contributed by atoms with E-state index in [-0.39, 0.29) is 0 Å². The average molecular weight is 225 g/mol. The summed E-state index contributed by atoms with van der Waals surface area (Å²) in [7, 11) is 1.94. The number of rotatable bonds is 6. The summed E-state index contributed by atoms with van der Waals surface area (Å²) in [4.78, 5) is 4.22. The second-order valence-electron chi connectivity index (χ2n) is 5.15. The van der Waals surface area contributed by atoms with Crippen molar-refractivity contribution in [2.75, 3.05) is 13.1 Å². The number of aromatic nitrogens is 2. The lowest BCUT2D eigenvalue weighted by Crippen LogP contribution is -2.41. The minimum Gasteiger partial charge on any atom is -0.388 e. The Bertz CT molecular complexity index is 318. The molecule has 0 radical (unpaired) electrons. The Morgan fingerprint density at radius 3 is 2.75 bits per heavy atom. The maximum absolute atomic E-state index is 10.2. The maximum atomic E-state index is 10.2. The van der Waals surface area contributed by atoms with E-state index in [0.29, 0.717) is 18.9 Å². The molecule has 0 aliphatic heterocycles. The number of aryl methyl sites for hydroxylation is 1. The van der Waals surface area contributed by atoms with Crippen molar-refractivity contribution < 1.29 is 5.11 Å². The predicted octanol–water partition coefficient (Wildman–Crippen LogP) is 0.959. The Morgan fingerprint density at radius 2 is 2.25 bits per heavy atom. The van der Waals surface area contributed by atoms with E-state index in [1.807, 2.05) is 24.7 Å². The van der Waals surface area contributed by atoms with Gasteiger partial charge in [0.05, 0.1) is 5.60 Å². The number of nitrogens with zero attached hydrogens (tertiary/aromatic N) is 2. The highest BCUT2D eigenvalue weighted by Crippen LogP contribution is 2.10. The molecule has 0 amide bonds. The molecule has 4 nitrogen and oxygen atoms in total. The summed E-state index contributed by atoms with van der Waals surface area (Å²) in [6.45, 7) is 7.67. The first kappa shape index (κ1) is 13.2. The standard InChI is InChI=1S/C12H23N3O/c1-10(2)8-13-9-12(3,16)7-11-14-5-6-15(11)4/h5-6,10,13,16H,7-9H2,1-4H3. The smallest absolute Gasteiger partial charge is 0.111 e. The highest BCUT2D eigenvalue weighted by molar-refractivity contribution is 4.97. The Labute approximate surface area is 97.7 Å². The van der Waals surface area contributed by atoms with Crippen LogP contribution in [-0.4, -0.2) is 33.3 Å². The fourth-order valence-corrected chi connectivity index (χ4v) is 1.60. The average Bonchev–Trinajstić information content (AvgIpc) is 2.50. The third kappa shape index (κ3) is 4.33. The fourth-order valence-electron chi connectivity index (χ4n) is 1.60. The summed E-state index contributed by atoms with van der Waals surface area (Å²) in [5, 5.41) is 13.5. The minimum absolute atomic E-state index is 0.571. The zero-order valence-electron chi connectivity index (χ0n) is 10.7. The summed E-state index contributed by atoms with van der Waals surface area (Å²) in [6.07, 6.45) is 4.22. The van der Waals surface area contributed by atoms with E-state index in [1.54, 1.807) is 6.20 Å². The lowest BCUT2D eigenvalue weighted by molar-refractivity contribution is 0.0569. The van der Waals surface area contributed by atoms with Crippen LogP contribution >= 0.6 is 0 Å². The van der Waals surface area contributed by atoms with E-state index in [0.717, 1.165) is 12.4 Å². The van der Waals surface area contributed by atoms with Gasteiger partial charge in [0.2, 0.25) is 0 Å². The van der Waals surface area contributed by atoms with Gasteiger partial charge in [-0.15, -0.1) is 0 Å². The molecule has 0 spiro atoms. The molecule has 92 valence electrons. The first-order chi connectivity index (χ1) is 7.41. The largest absolute Gasteiger partial charge is 0.388 e. The third-order valence-electron chi connectivity index (χ3n) is 2.52. The van der Waals surface area contributed by atoms with Gasteiger partial charge in [0.1, 0.15) is 5.82 Å². The number of aliphatic hydroxyl groups is 1. The molecule has 0 aromatic carbocycles. The first-order valence-corrected chi connectivity index (χ1v) is 5.80. The van der Waals surface area contributed by atoms with E-state index < -0.39 is 5.60 Å². The molecule has 1 rings (SSSR count). The molecule has 0 saturated heterocycles. The van der Waals surface area contributed by atoms with Crippen molar-refractivity contribution in [3.05, 3.63) is 18.2 Å². The Kier molecular flexibility index (Phi) is 4.50. The minimum atomic E-state index is -0.742. The highest BCUT2D eigenvalue weighted by Gasteiger charge is 2.22. The van der Waals surface area contributed by atoms with Crippen molar-refractivity contribution in [3.8, 4) is 0 Å². The van der Waals surface area contributed by atoms with Gasteiger partial charge in [-0.25, -0.2) is 4.98 Å². The van der Waals surface area contributed by atoms with Gasteiger partial charge < -0.3 is 15.0 Å². The molecular weight excluding hydrogens is 202 g/mol. The van der Waals surface area contributed by atoms with Crippen LogP contribution in [0.5, 0.6) is 0 Å². The van der Waals surface area contributed by atoms with Crippen LogP contribution in [-0.2, 0) is 13.5 Å². The van der Waals surface area contributed by atoms with Crippen LogP contribution in [0.1, 0.15) is 26.6 Å². The summed E-state index contributed by atoms with van der Waals surface area (Å²) >= 11 is 0. The topological polar surface area (TPSA) is 50.1 Å². The molecule has 1 atom stereocenters. The van der Waals surface area contributed by atoms with Crippen molar-refractivity contribution in [1.29, 1.82) is 0 Å². The van der Waals surface area contributed by atoms with Crippen LogP contribution in [0.3, 0.4) is 0 Å². The molecule has 1 heterocycles. The van der Waals surface area contributed by atoms with Crippen LogP contribution in [0.15, 0.2) is 12.4 Å². The molecule has 0 aliphatic carbocycles. The summed E-state index contributed by atoms with van der Waals surface area (Å²) < 4.78 is 1.94. The molecule has 1 unspecified atom stereocenters. The molecule has 1 aromatic heterocycles. The van der Waals surface area contributed by atoms with Gasteiger partial charge in [-0.2, -0.15) is 0 Å². The van der Waals surface area contributed by atoms with Gasteiger partial charge in [0.25, 0.3) is 0 Å². The Balaban J connectivity index is 2.42. The van der Waals surface area contributed by atoms with Crippen molar-refractivity contribution in [2.24, 2.45) is 13.0 Å². The molecule has 2 N–H and O–H groups in total. The highest BCUT2D eigenvalue weighted by atomic mass is 16.3.